The van der Waals surface area contributed by atoms with Crippen LogP contribution in [0.2, 0.25) is 0 Å². The van der Waals surface area contributed by atoms with Crippen LogP contribution in [0.25, 0.3) is 10.9 Å². The van der Waals surface area contributed by atoms with Crippen molar-refractivity contribution in [1.82, 2.24) is 15.0 Å². The summed E-state index contributed by atoms with van der Waals surface area (Å²) in [6.45, 7) is 1.66. The number of nitro groups is 1. The molecule has 0 radical (unpaired) electrons. The van der Waals surface area contributed by atoms with Crippen molar-refractivity contribution in [1.29, 1.82) is 0 Å². The van der Waals surface area contributed by atoms with E-state index >= 15 is 0 Å². The molecule has 0 atom stereocenters. The SMILES string of the molecule is O=[N+]([O-])c1c(Oc2ccc(F)c3cccnc23)ncnc1N1CCN(c2ccccc2F)CC1. The van der Waals surface area contributed by atoms with Gasteiger partial charge in [0.2, 0.25) is 5.82 Å². The topological polar surface area (TPSA) is 97.5 Å². The molecule has 2 aromatic heterocycles. The molecule has 3 heterocycles. The maximum absolute atomic E-state index is 14.1. The molecular formula is C23H18F2N6O3. The third-order valence-electron chi connectivity index (χ3n) is 5.61. The summed E-state index contributed by atoms with van der Waals surface area (Å²) in [7, 11) is 0. The lowest BCUT2D eigenvalue weighted by Crippen LogP contribution is -2.47. The number of pyridine rings is 1. The van der Waals surface area contributed by atoms with Crippen LogP contribution in [-0.2, 0) is 0 Å². The van der Waals surface area contributed by atoms with Gasteiger partial charge >= 0.3 is 11.6 Å². The normalized spacial score (nSPS) is 13.8. The van der Waals surface area contributed by atoms with Crippen molar-refractivity contribution in [2.75, 3.05) is 36.0 Å². The van der Waals surface area contributed by atoms with Gasteiger partial charge in [0.05, 0.1) is 10.6 Å². The second-order valence-corrected chi connectivity index (χ2v) is 7.58. The van der Waals surface area contributed by atoms with E-state index in [4.69, 9.17) is 4.74 Å². The fourth-order valence-electron chi connectivity index (χ4n) is 3.99. The van der Waals surface area contributed by atoms with E-state index in [1.54, 1.807) is 35.2 Å². The third kappa shape index (κ3) is 3.91. The average Bonchev–Trinajstić information content (AvgIpc) is 2.86. The number of anilines is 2. The lowest BCUT2D eigenvalue weighted by atomic mass is 10.2. The third-order valence-corrected chi connectivity index (χ3v) is 5.61. The average molecular weight is 464 g/mol. The molecule has 172 valence electrons. The number of piperazine rings is 1. The van der Waals surface area contributed by atoms with Crippen molar-refractivity contribution in [2.45, 2.75) is 0 Å². The highest BCUT2D eigenvalue weighted by Crippen LogP contribution is 2.38. The van der Waals surface area contributed by atoms with Crippen molar-refractivity contribution in [3.63, 3.8) is 0 Å². The molecule has 2 aromatic carbocycles. The van der Waals surface area contributed by atoms with Gasteiger partial charge in [-0.05, 0) is 36.4 Å². The van der Waals surface area contributed by atoms with E-state index in [1.165, 1.54) is 30.7 Å². The number of halogens is 2. The van der Waals surface area contributed by atoms with Crippen LogP contribution >= 0.6 is 0 Å². The summed E-state index contributed by atoms with van der Waals surface area (Å²) in [6, 6.07) is 12.2. The first kappa shape index (κ1) is 21.4. The van der Waals surface area contributed by atoms with Crippen LogP contribution < -0.4 is 14.5 Å². The van der Waals surface area contributed by atoms with E-state index in [0.717, 1.165) is 0 Å². The Morgan fingerprint density at radius 3 is 2.41 bits per heavy atom. The molecule has 4 aromatic rings. The molecule has 1 fully saturated rings. The summed E-state index contributed by atoms with van der Waals surface area (Å²) in [6.07, 6.45) is 2.66. The number of hydrogen-bond donors (Lipinski definition) is 0. The highest BCUT2D eigenvalue weighted by Gasteiger charge is 2.31. The van der Waals surface area contributed by atoms with Crippen LogP contribution in [0.3, 0.4) is 0 Å². The Morgan fingerprint density at radius 2 is 1.65 bits per heavy atom. The van der Waals surface area contributed by atoms with E-state index in [2.05, 4.69) is 15.0 Å². The minimum absolute atomic E-state index is 0.0996. The fourth-order valence-corrected chi connectivity index (χ4v) is 3.99. The molecule has 0 bridgehead atoms. The number of aromatic nitrogens is 3. The highest BCUT2D eigenvalue weighted by molar-refractivity contribution is 5.85. The van der Waals surface area contributed by atoms with Crippen LogP contribution in [0, 0.1) is 21.7 Å². The summed E-state index contributed by atoms with van der Waals surface area (Å²) in [4.78, 5) is 27.3. The first-order chi connectivity index (χ1) is 16.5. The molecule has 0 N–H and O–H groups in total. The van der Waals surface area contributed by atoms with Gasteiger partial charge in [-0.15, -0.1) is 0 Å². The first-order valence-electron chi connectivity index (χ1n) is 10.5. The molecule has 9 nitrogen and oxygen atoms in total. The monoisotopic (exact) mass is 464 g/mol. The Hall–Kier alpha value is -4.41. The predicted molar refractivity (Wildman–Crippen MR) is 121 cm³/mol. The quantitative estimate of drug-likeness (QED) is 0.318. The van der Waals surface area contributed by atoms with Gasteiger partial charge in [0, 0.05) is 37.8 Å². The fraction of sp³-hybridized carbons (Fsp3) is 0.174. The number of ether oxygens (including phenoxy) is 1. The predicted octanol–water partition coefficient (Wildman–Crippen LogP) is 4.33. The summed E-state index contributed by atoms with van der Waals surface area (Å²) >= 11 is 0. The second-order valence-electron chi connectivity index (χ2n) is 7.58. The minimum atomic E-state index is -0.604. The molecule has 1 aliphatic heterocycles. The van der Waals surface area contributed by atoms with Gasteiger partial charge in [0.1, 0.15) is 23.5 Å². The van der Waals surface area contributed by atoms with Gasteiger partial charge in [-0.1, -0.05) is 12.1 Å². The van der Waals surface area contributed by atoms with E-state index in [1.807, 2.05) is 4.90 Å². The molecule has 5 rings (SSSR count). The van der Waals surface area contributed by atoms with Gasteiger partial charge in [-0.3, -0.25) is 15.1 Å². The summed E-state index contributed by atoms with van der Waals surface area (Å²) in [5, 5.41) is 12.2. The van der Waals surface area contributed by atoms with Gasteiger partial charge in [-0.25, -0.2) is 13.8 Å². The molecule has 0 aliphatic carbocycles. The minimum Gasteiger partial charge on any atom is -0.431 e. The van der Waals surface area contributed by atoms with E-state index in [9.17, 15) is 18.9 Å². The Labute approximate surface area is 192 Å². The molecule has 0 spiro atoms. The van der Waals surface area contributed by atoms with Crippen molar-refractivity contribution in [3.8, 4) is 11.6 Å². The molecular weight excluding hydrogens is 446 g/mol. The zero-order chi connectivity index (χ0) is 23.7. The molecule has 1 saturated heterocycles. The Bertz CT molecular complexity index is 1380. The lowest BCUT2D eigenvalue weighted by Gasteiger charge is -2.36. The molecule has 34 heavy (non-hydrogen) atoms. The number of rotatable bonds is 5. The number of benzene rings is 2. The van der Waals surface area contributed by atoms with Crippen molar-refractivity contribution in [3.05, 3.63) is 82.8 Å². The van der Waals surface area contributed by atoms with Crippen molar-refractivity contribution in [2.24, 2.45) is 0 Å². The van der Waals surface area contributed by atoms with Gasteiger partial charge < -0.3 is 14.5 Å². The van der Waals surface area contributed by atoms with E-state index in [0.29, 0.717) is 31.9 Å². The molecule has 1 aliphatic rings. The second kappa shape index (κ2) is 8.85. The summed E-state index contributed by atoms with van der Waals surface area (Å²) in [5.74, 6) is -0.845. The highest BCUT2D eigenvalue weighted by atomic mass is 19.1. The lowest BCUT2D eigenvalue weighted by molar-refractivity contribution is -0.385. The molecule has 0 unspecified atom stereocenters. The van der Waals surface area contributed by atoms with Gasteiger partial charge in [-0.2, -0.15) is 4.98 Å². The molecule has 0 amide bonds. The number of fused-ring (bicyclic) bond motifs is 1. The van der Waals surface area contributed by atoms with Crippen LogP contribution in [0.4, 0.5) is 26.0 Å². The summed E-state index contributed by atoms with van der Waals surface area (Å²) in [5.41, 5.74) is 0.296. The van der Waals surface area contributed by atoms with Gasteiger partial charge in [0.15, 0.2) is 5.75 Å². The van der Waals surface area contributed by atoms with Crippen LogP contribution in [-0.4, -0.2) is 46.1 Å². The zero-order valence-corrected chi connectivity index (χ0v) is 17.8. The number of hydrogen-bond acceptors (Lipinski definition) is 8. The van der Waals surface area contributed by atoms with Crippen molar-refractivity contribution >= 4 is 28.1 Å². The maximum Gasteiger partial charge on any atom is 0.373 e. The number of para-hydroxylation sites is 1. The number of nitrogens with zero attached hydrogens (tertiary/aromatic N) is 6. The van der Waals surface area contributed by atoms with E-state index < -0.39 is 16.4 Å². The smallest absolute Gasteiger partial charge is 0.373 e. The standard InChI is InChI=1S/C23H18F2N6O3/c24-16-7-8-19(20-15(16)4-3-9-26-20)34-23-21(31(32)33)22(27-14-28-23)30-12-10-29(11-13-30)18-6-2-1-5-17(18)25/h1-9,14H,10-13H2. The Balaban J connectivity index is 1.44. The first-order valence-corrected chi connectivity index (χ1v) is 10.5. The molecule has 11 heteroatoms. The maximum atomic E-state index is 14.1. The van der Waals surface area contributed by atoms with Crippen molar-refractivity contribution < 1.29 is 18.4 Å². The summed E-state index contributed by atoms with van der Waals surface area (Å²) < 4.78 is 34.1. The van der Waals surface area contributed by atoms with Crippen LogP contribution in [0.5, 0.6) is 11.6 Å². The Kier molecular flexibility index (Phi) is 5.58. The van der Waals surface area contributed by atoms with E-state index in [-0.39, 0.29) is 34.2 Å². The molecule has 0 saturated carbocycles. The largest absolute Gasteiger partial charge is 0.431 e. The van der Waals surface area contributed by atoms with Crippen LogP contribution in [0.15, 0.2) is 61.1 Å². The Morgan fingerprint density at radius 1 is 0.882 bits per heavy atom. The zero-order valence-electron chi connectivity index (χ0n) is 17.8. The van der Waals surface area contributed by atoms with Crippen LogP contribution in [0.1, 0.15) is 0 Å². The van der Waals surface area contributed by atoms with Gasteiger partial charge in [0.25, 0.3) is 0 Å².